The van der Waals surface area contributed by atoms with Gasteiger partial charge in [0.1, 0.15) is 4.34 Å². The van der Waals surface area contributed by atoms with Crippen LogP contribution in [0.3, 0.4) is 0 Å². The normalized spacial score (nSPS) is 13.0. The van der Waals surface area contributed by atoms with Gasteiger partial charge in [0, 0.05) is 30.0 Å². The van der Waals surface area contributed by atoms with Crippen LogP contribution in [0.1, 0.15) is 12.6 Å². The first-order chi connectivity index (χ1) is 7.26. The van der Waals surface area contributed by atoms with Gasteiger partial charge in [0.2, 0.25) is 0 Å². The van der Waals surface area contributed by atoms with E-state index in [0.29, 0.717) is 6.04 Å². The van der Waals surface area contributed by atoms with Crippen LogP contribution in [0.5, 0.6) is 0 Å². The van der Waals surface area contributed by atoms with Gasteiger partial charge < -0.3 is 10.1 Å². The molecule has 0 bridgehead atoms. The SMILES string of the molecule is CCNC(COC)CSc1nc(C)cs1. The van der Waals surface area contributed by atoms with Gasteiger partial charge in [-0.1, -0.05) is 18.7 Å². The van der Waals surface area contributed by atoms with Gasteiger partial charge in [-0.15, -0.1) is 11.3 Å². The summed E-state index contributed by atoms with van der Waals surface area (Å²) in [7, 11) is 1.74. The Kier molecular flexibility index (Phi) is 6.24. The lowest BCUT2D eigenvalue weighted by molar-refractivity contribution is 0.174. The summed E-state index contributed by atoms with van der Waals surface area (Å²) in [5.41, 5.74) is 1.11. The van der Waals surface area contributed by atoms with Gasteiger partial charge in [0.25, 0.3) is 0 Å². The van der Waals surface area contributed by atoms with E-state index in [-0.39, 0.29) is 0 Å². The lowest BCUT2D eigenvalue weighted by atomic mass is 10.3. The lowest BCUT2D eigenvalue weighted by Gasteiger charge is -2.15. The minimum atomic E-state index is 0.411. The molecule has 0 aliphatic carbocycles. The summed E-state index contributed by atoms with van der Waals surface area (Å²) < 4.78 is 6.30. The molecule has 0 saturated heterocycles. The number of likely N-dealkylation sites (N-methyl/N-ethyl adjacent to an activating group) is 1. The van der Waals surface area contributed by atoms with E-state index >= 15 is 0 Å². The molecule has 15 heavy (non-hydrogen) atoms. The number of hydrogen-bond acceptors (Lipinski definition) is 5. The fourth-order valence-electron chi connectivity index (χ4n) is 1.23. The van der Waals surface area contributed by atoms with Crippen molar-refractivity contribution in [3.63, 3.8) is 0 Å². The number of ether oxygens (including phenoxy) is 1. The first kappa shape index (κ1) is 13.0. The Hall–Kier alpha value is -0.100. The van der Waals surface area contributed by atoms with E-state index < -0.39 is 0 Å². The number of aryl methyl sites for hydroxylation is 1. The highest BCUT2D eigenvalue weighted by atomic mass is 32.2. The van der Waals surface area contributed by atoms with E-state index in [1.807, 2.05) is 6.92 Å². The van der Waals surface area contributed by atoms with Gasteiger partial charge in [0.05, 0.1) is 6.61 Å². The molecule has 0 amide bonds. The van der Waals surface area contributed by atoms with Crippen molar-refractivity contribution in [2.24, 2.45) is 0 Å². The molecule has 5 heteroatoms. The van der Waals surface area contributed by atoms with Crippen molar-refractivity contribution in [3.05, 3.63) is 11.1 Å². The van der Waals surface area contributed by atoms with E-state index in [9.17, 15) is 0 Å². The fourth-order valence-corrected chi connectivity index (χ4v) is 3.13. The number of methoxy groups -OCH3 is 1. The first-order valence-corrected chi connectivity index (χ1v) is 6.90. The van der Waals surface area contributed by atoms with E-state index in [2.05, 4.69) is 22.6 Å². The number of hydrogen-bond donors (Lipinski definition) is 1. The van der Waals surface area contributed by atoms with Gasteiger partial charge in [0.15, 0.2) is 0 Å². The molecule has 0 aliphatic rings. The largest absolute Gasteiger partial charge is 0.383 e. The zero-order chi connectivity index (χ0) is 11.1. The second-order valence-corrected chi connectivity index (χ2v) is 5.40. The van der Waals surface area contributed by atoms with Crippen LogP contribution in [0.25, 0.3) is 0 Å². The highest BCUT2D eigenvalue weighted by Gasteiger charge is 2.08. The molecular formula is C10H18N2OS2. The van der Waals surface area contributed by atoms with Crippen LogP contribution >= 0.6 is 23.1 Å². The Bertz CT molecular complexity index is 272. The summed E-state index contributed by atoms with van der Waals surface area (Å²) in [5, 5.41) is 5.48. The van der Waals surface area contributed by atoms with Crippen LogP contribution in [-0.4, -0.2) is 37.0 Å². The summed E-state index contributed by atoms with van der Waals surface area (Å²) in [4.78, 5) is 4.42. The Labute approximate surface area is 99.6 Å². The van der Waals surface area contributed by atoms with Gasteiger partial charge in [-0.2, -0.15) is 0 Å². The molecule has 1 heterocycles. The summed E-state index contributed by atoms with van der Waals surface area (Å²) in [5.74, 6) is 1.01. The maximum Gasteiger partial charge on any atom is 0.150 e. The number of rotatable bonds is 7. The minimum Gasteiger partial charge on any atom is -0.383 e. The Morgan fingerprint density at radius 2 is 2.47 bits per heavy atom. The predicted molar refractivity (Wildman–Crippen MR) is 66.9 cm³/mol. The van der Waals surface area contributed by atoms with Crippen molar-refractivity contribution in [3.8, 4) is 0 Å². The predicted octanol–water partition coefficient (Wildman–Crippen LogP) is 2.17. The molecule has 1 unspecified atom stereocenters. The molecule has 0 aliphatic heterocycles. The molecule has 86 valence electrons. The van der Waals surface area contributed by atoms with Gasteiger partial charge in [-0.05, 0) is 13.5 Å². The van der Waals surface area contributed by atoms with E-state index in [4.69, 9.17) is 4.74 Å². The Morgan fingerprint density at radius 1 is 1.67 bits per heavy atom. The van der Waals surface area contributed by atoms with Crippen LogP contribution in [0.4, 0.5) is 0 Å². The zero-order valence-corrected chi connectivity index (χ0v) is 11.1. The summed E-state index contributed by atoms with van der Waals surface area (Å²) >= 11 is 3.51. The van der Waals surface area contributed by atoms with Crippen LogP contribution in [0.15, 0.2) is 9.72 Å². The topological polar surface area (TPSA) is 34.1 Å². The zero-order valence-electron chi connectivity index (χ0n) is 9.45. The lowest BCUT2D eigenvalue weighted by Crippen LogP contribution is -2.35. The quantitative estimate of drug-likeness (QED) is 0.748. The molecule has 1 atom stereocenters. The van der Waals surface area contributed by atoms with E-state index in [0.717, 1.165) is 28.9 Å². The molecule has 1 rings (SSSR count). The van der Waals surface area contributed by atoms with Crippen LogP contribution in [0, 0.1) is 6.92 Å². The molecule has 0 saturated carbocycles. The maximum atomic E-state index is 5.16. The van der Waals surface area contributed by atoms with Gasteiger partial charge >= 0.3 is 0 Å². The Morgan fingerprint density at radius 3 is 3.00 bits per heavy atom. The van der Waals surface area contributed by atoms with Crippen molar-refractivity contribution in [2.75, 3.05) is 26.0 Å². The molecule has 1 aromatic rings. The van der Waals surface area contributed by atoms with Crippen molar-refractivity contribution < 1.29 is 4.74 Å². The summed E-state index contributed by atoms with van der Waals surface area (Å²) in [6.45, 7) is 5.87. The summed E-state index contributed by atoms with van der Waals surface area (Å²) in [6, 6.07) is 0.411. The van der Waals surface area contributed by atoms with Crippen LogP contribution in [0.2, 0.25) is 0 Å². The molecule has 0 radical (unpaired) electrons. The van der Waals surface area contributed by atoms with Gasteiger partial charge in [-0.25, -0.2) is 4.98 Å². The molecule has 0 aromatic carbocycles. The maximum absolute atomic E-state index is 5.16. The molecule has 1 aromatic heterocycles. The monoisotopic (exact) mass is 246 g/mol. The number of aromatic nitrogens is 1. The molecular weight excluding hydrogens is 228 g/mol. The second-order valence-electron chi connectivity index (χ2n) is 3.28. The average Bonchev–Trinajstić information content (AvgIpc) is 2.61. The number of thioether (sulfide) groups is 1. The molecule has 3 nitrogen and oxygen atoms in total. The van der Waals surface area contributed by atoms with Crippen molar-refractivity contribution >= 4 is 23.1 Å². The van der Waals surface area contributed by atoms with E-state index in [1.165, 1.54) is 0 Å². The average molecular weight is 246 g/mol. The number of nitrogens with one attached hydrogen (secondary N) is 1. The minimum absolute atomic E-state index is 0.411. The third-order valence-corrected chi connectivity index (χ3v) is 4.17. The molecule has 1 N–H and O–H groups in total. The van der Waals surface area contributed by atoms with Crippen molar-refractivity contribution in [1.29, 1.82) is 0 Å². The fraction of sp³-hybridized carbons (Fsp3) is 0.700. The van der Waals surface area contributed by atoms with Crippen molar-refractivity contribution in [1.82, 2.24) is 10.3 Å². The molecule has 0 fully saturated rings. The highest BCUT2D eigenvalue weighted by molar-refractivity contribution is 8.01. The van der Waals surface area contributed by atoms with Crippen LogP contribution < -0.4 is 5.32 Å². The van der Waals surface area contributed by atoms with Crippen LogP contribution in [-0.2, 0) is 4.74 Å². The number of thiazole rings is 1. The smallest absolute Gasteiger partial charge is 0.150 e. The van der Waals surface area contributed by atoms with Crippen molar-refractivity contribution in [2.45, 2.75) is 24.2 Å². The third kappa shape index (κ3) is 4.97. The molecule has 0 spiro atoms. The standard InChI is InChI=1S/C10H18N2OS2/c1-4-11-9(5-13-3)7-15-10-12-8(2)6-14-10/h6,9,11H,4-5,7H2,1-3H3. The second kappa shape index (κ2) is 7.22. The summed E-state index contributed by atoms with van der Waals surface area (Å²) in [6.07, 6.45) is 0. The highest BCUT2D eigenvalue weighted by Crippen LogP contribution is 2.22. The van der Waals surface area contributed by atoms with E-state index in [1.54, 1.807) is 30.2 Å². The van der Waals surface area contributed by atoms with Gasteiger partial charge in [-0.3, -0.25) is 0 Å². The Balaban J connectivity index is 2.32. The first-order valence-electron chi connectivity index (χ1n) is 5.03. The third-order valence-electron chi connectivity index (χ3n) is 1.87. The number of nitrogens with zero attached hydrogens (tertiary/aromatic N) is 1.